The molecule has 1 aromatic rings. The summed E-state index contributed by atoms with van der Waals surface area (Å²) in [6.45, 7) is 4.06. The van der Waals surface area contributed by atoms with Crippen molar-refractivity contribution < 1.29 is 9.90 Å². The third kappa shape index (κ3) is 3.06. The van der Waals surface area contributed by atoms with Crippen molar-refractivity contribution in [1.82, 2.24) is 4.98 Å². The number of pyridine rings is 1. The van der Waals surface area contributed by atoms with Gasteiger partial charge in [0.1, 0.15) is 5.82 Å². The van der Waals surface area contributed by atoms with E-state index in [9.17, 15) is 4.79 Å². The van der Waals surface area contributed by atoms with Gasteiger partial charge in [0.05, 0.1) is 11.3 Å². The minimum Gasteiger partial charge on any atom is -0.478 e. The van der Waals surface area contributed by atoms with Crippen LogP contribution in [0.1, 0.15) is 48.7 Å². The Morgan fingerprint density at radius 2 is 1.95 bits per heavy atom. The van der Waals surface area contributed by atoms with E-state index in [4.69, 9.17) is 5.11 Å². The highest BCUT2D eigenvalue weighted by atomic mass is 16.4. The zero-order chi connectivity index (χ0) is 14.0. The predicted molar refractivity (Wildman–Crippen MR) is 75.8 cm³/mol. The van der Waals surface area contributed by atoms with Crippen molar-refractivity contribution >= 4 is 11.8 Å². The Kier molecular flexibility index (Phi) is 4.08. The summed E-state index contributed by atoms with van der Waals surface area (Å²) in [5.74, 6) is 0.793. The van der Waals surface area contributed by atoms with Gasteiger partial charge in [-0.15, -0.1) is 0 Å². The van der Waals surface area contributed by atoms with Crippen LogP contribution in [0.15, 0.2) is 12.1 Å². The number of hydrogen-bond donors (Lipinski definition) is 1. The van der Waals surface area contributed by atoms with Crippen molar-refractivity contribution in [3.8, 4) is 0 Å². The summed E-state index contributed by atoms with van der Waals surface area (Å²) in [6.07, 6.45) is 4.92. The van der Waals surface area contributed by atoms with Gasteiger partial charge in [-0.25, -0.2) is 9.78 Å². The van der Waals surface area contributed by atoms with Gasteiger partial charge >= 0.3 is 5.97 Å². The van der Waals surface area contributed by atoms with Gasteiger partial charge in [-0.1, -0.05) is 6.92 Å². The highest BCUT2D eigenvalue weighted by molar-refractivity contribution is 5.89. The summed E-state index contributed by atoms with van der Waals surface area (Å²) in [4.78, 5) is 17.6. The number of anilines is 1. The molecule has 1 heterocycles. The van der Waals surface area contributed by atoms with Gasteiger partial charge in [0.15, 0.2) is 0 Å². The lowest BCUT2D eigenvalue weighted by atomic mass is 9.87. The van der Waals surface area contributed by atoms with E-state index in [1.807, 2.05) is 6.07 Å². The molecule has 0 radical (unpaired) electrons. The van der Waals surface area contributed by atoms with Gasteiger partial charge in [0.2, 0.25) is 0 Å². The van der Waals surface area contributed by atoms with E-state index in [0.717, 1.165) is 11.7 Å². The number of aromatic carboxylic acids is 1. The van der Waals surface area contributed by atoms with E-state index in [1.165, 1.54) is 25.7 Å². The van der Waals surface area contributed by atoms with Crippen molar-refractivity contribution in [1.29, 1.82) is 0 Å². The van der Waals surface area contributed by atoms with Crippen LogP contribution in [0.2, 0.25) is 0 Å². The first-order valence-electron chi connectivity index (χ1n) is 6.92. The molecule has 0 spiro atoms. The quantitative estimate of drug-likeness (QED) is 0.909. The fourth-order valence-electron chi connectivity index (χ4n) is 2.79. The summed E-state index contributed by atoms with van der Waals surface area (Å²) in [7, 11) is 2.06. The maximum Gasteiger partial charge on any atom is 0.337 e. The molecule has 1 saturated carbocycles. The summed E-state index contributed by atoms with van der Waals surface area (Å²) >= 11 is 0. The summed E-state index contributed by atoms with van der Waals surface area (Å²) in [5.41, 5.74) is 0.871. The number of carboxylic acids is 1. The molecule has 4 heteroatoms. The van der Waals surface area contributed by atoms with Gasteiger partial charge in [-0.3, -0.25) is 0 Å². The number of carboxylic acid groups (broad SMARTS) is 1. The maximum atomic E-state index is 11.0. The molecule has 104 valence electrons. The largest absolute Gasteiger partial charge is 0.478 e. The third-order valence-electron chi connectivity index (χ3n) is 4.20. The lowest BCUT2D eigenvalue weighted by molar-refractivity contribution is 0.0695. The smallest absolute Gasteiger partial charge is 0.337 e. The van der Waals surface area contributed by atoms with Crippen LogP contribution in [0.25, 0.3) is 0 Å². The molecule has 2 rings (SSSR count). The Bertz CT molecular complexity index is 465. The lowest BCUT2D eigenvalue weighted by Gasteiger charge is -2.34. The van der Waals surface area contributed by atoms with Crippen molar-refractivity contribution in [3.63, 3.8) is 0 Å². The molecule has 0 atom stereocenters. The zero-order valence-electron chi connectivity index (χ0n) is 11.9. The Morgan fingerprint density at radius 3 is 2.47 bits per heavy atom. The van der Waals surface area contributed by atoms with Crippen LogP contribution in [-0.2, 0) is 0 Å². The minimum atomic E-state index is -0.911. The van der Waals surface area contributed by atoms with Crippen LogP contribution in [0.4, 0.5) is 5.82 Å². The van der Waals surface area contributed by atoms with Crippen LogP contribution in [0.5, 0.6) is 0 Å². The van der Waals surface area contributed by atoms with E-state index in [2.05, 4.69) is 23.9 Å². The van der Waals surface area contributed by atoms with Crippen molar-refractivity contribution in [2.45, 2.75) is 45.6 Å². The average Bonchev–Trinajstić information content (AvgIpc) is 2.38. The van der Waals surface area contributed by atoms with Crippen molar-refractivity contribution in [2.75, 3.05) is 11.9 Å². The maximum absolute atomic E-state index is 11.0. The lowest BCUT2D eigenvalue weighted by Crippen LogP contribution is -2.35. The molecule has 1 aliphatic rings. The van der Waals surface area contributed by atoms with Gasteiger partial charge in [0, 0.05) is 13.1 Å². The molecule has 1 fully saturated rings. The number of carbonyl (C=O) groups is 1. The van der Waals surface area contributed by atoms with Gasteiger partial charge in [0.25, 0.3) is 0 Å². The Hall–Kier alpha value is -1.58. The van der Waals surface area contributed by atoms with Crippen LogP contribution in [0.3, 0.4) is 0 Å². The molecule has 1 aromatic heterocycles. The molecule has 19 heavy (non-hydrogen) atoms. The number of hydrogen-bond acceptors (Lipinski definition) is 3. The zero-order valence-corrected chi connectivity index (χ0v) is 11.9. The van der Waals surface area contributed by atoms with E-state index in [0.29, 0.717) is 11.7 Å². The molecule has 1 aliphatic carbocycles. The van der Waals surface area contributed by atoms with E-state index in [-0.39, 0.29) is 5.56 Å². The molecule has 0 saturated heterocycles. The second-order valence-electron chi connectivity index (χ2n) is 5.63. The number of rotatable bonds is 3. The first kappa shape index (κ1) is 13.8. The Morgan fingerprint density at radius 1 is 1.32 bits per heavy atom. The van der Waals surface area contributed by atoms with Crippen molar-refractivity contribution in [3.05, 3.63) is 23.4 Å². The first-order chi connectivity index (χ1) is 8.99. The van der Waals surface area contributed by atoms with Crippen LogP contribution < -0.4 is 4.90 Å². The summed E-state index contributed by atoms with van der Waals surface area (Å²) in [5, 5.41) is 9.02. The van der Waals surface area contributed by atoms with E-state index in [1.54, 1.807) is 13.0 Å². The van der Waals surface area contributed by atoms with Gasteiger partial charge in [-0.05, 0) is 50.7 Å². The topological polar surface area (TPSA) is 53.4 Å². The molecule has 0 unspecified atom stereocenters. The SMILES string of the molecule is Cc1nc(N(C)C2CCC(C)CC2)ccc1C(=O)O. The second kappa shape index (κ2) is 5.59. The van der Waals surface area contributed by atoms with Crippen LogP contribution in [-0.4, -0.2) is 29.1 Å². The molecular weight excluding hydrogens is 240 g/mol. The Balaban J connectivity index is 2.13. The molecule has 4 nitrogen and oxygen atoms in total. The average molecular weight is 262 g/mol. The Labute approximate surface area is 114 Å². The molecular formula is C15H22N2O2. The summed E-state index contributed by atoms with van der Waals surface area (Å²) < 4.78 is 0. The molecule has 1 N–H and O–H groups in total. The van der Waals surface area contributed by atoms with E-state index < -0.39 is 5.97 Å². The second-order valence-corrected chi connectivity index (χ2v) is 5.63. The van der Waals surface area contributed by atoms with E-state index >= 15 is 0 Å². The summed E-state index contributed by atoms with van der Waals surface area (Å²) in [6, 6.07) is 4.00. The predicted octanol–water partition coefficient (Wildman–Crippen LogP) is 3.10. The standard InChI is InChI=1S/C15H22N2O2/c1-10-4-6-12(7-5-10)17(3)14-9-8-13(15(18)19)11(2)16-14/h8-10,12H,4-7H2,1-3H3,(H,18,19). The van der Waals surface area contributed by atoms with Crippen LogP contribution in [0, 0.1) is 12.8 Å². The van der Waals surface area contributed by atoms with Gasteiger partial charge in [-0.2, -0.15) is 0 Å². The third-order valence-corrected chi connectivity index (χ3v) is 4.20. The van der Waals surface area contributed by atoms with Gasteiger partial charge < -0.3 is 10.0 Å². The minimum absolute atomic E-state index is 0.286. The number of aryl methyl sites for hydroxylation is 1. The van der Waals surface area contributed by atoms with Crippen molar-refractivity contribution in [2.24, 2.45) is 5.92 Å². The normalized spacial score (nSPS) is 23.1. The molecule has 0 bridgehead atoms. The molecule has 0 amide bonds. The number of nitrogens with zero attached hydrogens (tertiary/aromatic N) is 2. The van der Waals surface area contributed by atoms with Crippen LogP contribution >= 0.6 is 0 Å². The fraction of sp³-hybridized carbons (Fsp3) is 0.600. The monoisotopic (exact) mass is 262 g/mol. The highest BCUT2D eigenvalue weighted by Crippen LogP contribution is 2.28. The first-order valence-corrected chi connectivity index (χ1v) is 6.92. The highest BCUT2D eigenvalue weighted by Gasteiger charge is 2.23. The fourth-order valence-corrected chi connectivity index (χ4v) is 2.79. The number of aromatic nitrogens is 1. The molecule has 0 aromatic carbocycles. The molecule has 0 aliphatic heterocycles.